The van der Waals surface area contributed by atoms with Crippen LogP contribution in [0.1, 0.15) is 24.1 Å². The van der Waals surface area contributed by atoms with Gasteiger partial charge >= 0.3 is 18.0 Å². The zero-order valence-electron chi connectivity index (χ0n) is 17.9. The van der Waals surface area contributed by atoms with Gasteiger partial charge in [0, 0.05) is 24.9 Å². The maximum atomic E-state index is 11.6. The van der Waals surface area contributed by atoms with E-state index < -0.39 is 30.1 Å². The first-order chi connectivity index (χ1) is 15.7. The molecule has 0 fully saturated rings. The van der Waals surface area contributed by atoms with Crippen molar-refractivity contribution in [3.8, 4) is 0 Å². The Hall–Kier alpha value is -4.13. The summed E-state index contributed by atoms with van der Waals surface area (Å²) >= 11 is 0. The molecule has 0 saturated carbocycles. The third-order valence-electron chi connectivity index (χ3n) is 4.07. The molecule has 1 aromatic heterocycles. The lowest BCUT2D eigenvalue weighted by Gasteiger charge is -2.13. The molecule has 2 aromatic rings. The van der Waals surface area contributed by atoms with E-state index in [0.717, 1.165) is 5.56 Å². The highest BCUT2D eigenvalue weighted by atomic mass is 16.5. The number of alkyl carbamates (subject to hydrolysis) is 1. The van der Waals surface area contributed by atoms with Crippen molar-refractivity contribution in [2.45, 2.75) is 38.0 Å². The Balaban J connectivity index is 0.000000389. The van der Waals surface area contributed by atoms with Crippen molar-refractivity contribution in [3.05, 3.63) is 54.1 Å². The Morgan fingerprint density at radius 3 is 2.39 bits per heavy atom. The maximum absolute atomic E-state index is 11.6. The number of carbonyl (C=O) groups is 3. The number of ether oxygens (including phenoxy) is 1. The van der Waals surface area contributed by atoms with Crippen molar-refractivity contribution < 1.29 is 29.3 Å². The van der Waals surface area contributed by atoms with Crippen LogP contribution in [-0.4, -0.2) is 62.8 Å². The second kappa shape index (κ2) is 14.8. The number of benzene rings is 1. The summed E-state index contributed by atoms with van der Waals surface area (Å²) in [4.78, 5) is 43.2. The van der Waals surface area contributed by atoms with Gasteiger partial charge in [0.15, 0.2) is 5.96 Å². The molecule has 1 aromatic carbocycles. The second-order valence-electron chi connectivity index (χ2n) is 6.77. The van der Waals surface area contributed by atoms with Crippen molar-refractivity contribution in [1.29, 1.82) is 0 Å². The quantitative estimate of drug-likeness (QED) is 0.131. The van der Waals surface area contributed by atoms with E-state index in [-0.39, 0.29) is 19.0 Å². The van der Waals surface area contributed by atoms with E-state index in [2.05, 4.69) is 20.3 Å². The molecular formula is C20H29N7O6. The number of hydrogen-bond acceptors (Lipinski definition) is 7. The van der Waals surface area contributed by atoms with Gasteiger partial charge in [-0.2, -0.15) is 0 Å². The Morgan fingerprint density at radius 2 is 1.85 bits per heavy atom. The number of nitrogens with one attached hydrogen (secondary N) is 2. The Labute approximate surface area is 190 Å². The summed E-state index contributed by atoms with van der Waals surface area (Å²) in [5.74, 6) is -2.13. The van der Waals surface area contributed by atoms with Crippen LogP contribution in [0.25, 0.3) is 0 Å². The van der Waals surface area contributed by atoms with Crippen LogP contribution in [0.5, 0.6) is 0 Å². The first kappa shape index (κ1) is 26.9. The fourth-order valence-corrected chi connectivity index (χ4v) is 2.37. The molecule has 180 valence electrons. The minimum atomic E-state index is -1.14. The zero-order chi connectivity index (χ0) is 24.6. The van der Waals surface area contributed by atoms with Gasteiger partial charge < -0.3 is 42.5 Å². The average molecular weight is 463 g/mol. The van der Waals surface area contributed by atoms with E-state index in [1.54, 1.807) is 0 Å². The van der Waals surface area contributed by atoms with Gasteiger partial charge in [-0.25, -0.2) is 14.6 Å². The summed E-state index contributed by atoms with van der Waals surface area (Å²) < 4.78 is 4.99. The number of carbonyl (C=O) groups excluding carboxylic acids is 1. The van der Waals surface area contributed by atoms with E-state index in [4.69, 9.17) is 32.2 Å². The van der Waals surface area contributed by atoms with Crippen molar-refractivity contribution in [2.24, 2.45) is 22.2 Å². The number of aliphatic imine (C=N–C) groups is 1. The lowest BCUT2D eigenvalue weighted by Crippen LogP contribution is -2.42. The summed E-state index contributed by atoms with van der Waals surface area (Å²) in [6, 6.07) is 7.24. The van der Waals surface area contributed by atoms with Gasteiger partial charge in [0.2, 0.25) is 0 Å². The number of aliphatic carboxylic acids is 2. The van der Waals surface area contributed by atoms with Gasteiger partial charge in [-0.15, -0.1) is 0 Å². The predicted octanol–water partition coefficient (Wildman–Crippen LogP) is -0.216. The largest absolute Gasteiger partial charge is 0.480 e. The van der Waals surface area contributed by atoms with Crippen molar-refractivity contribution in [3.63, 3.8) is 0 Å². The standard InChI is InChI=1S/C14H15N3O4.C6H14N4O2/c18-13(19)12(6-11-7-15-9-16-11)17-14(20)21-8-10-4-2-1-3-5-10;7-4(5(11)12)2-1-3-10-6(8)9/h1-5,7,9,12H,6,8H2,(H,15,16)(H,17,20)(H,18,19);4H,1-3,7H2,(H,11,12)(H4,8,9,10). The molecule has 13 nitrogen and oxygen atoms in total. The van der Waals surface area contributed by atoms with Gasteiger partial charge in [-0.05, 0) is 18.4 Å². The number of aromatic amines is 1. The molecule has 0 radical (unpaired) electrons. The van der Waals surface area contributed by atoms with E-state index >= 15 is 0 Å². The maximum Gasteiger partial charge on any atom is 0.408 e. The van der Waals surface area contributed by atoms with Crippen molar-refractivity contribution in [2.75, 3.05) is 6.54 Å². The smallest absolute Gasteiger partial charge is 0.408 e. The van der Waals surface area contributed by atoms with Gasteiger partial charge in [0.05, 0.1) is 6.33 Å². The monoisotopic (exact) mass is 463 g/mol. The fourth-order valence-electron chi connectivity index (χ4n) is 2.37. The molecule has 0 saturated heterocycles. The van der Waals surface area contributed by atoms with Crippen molar-refractivity contribution >= 4 is 24.0 Å². The summed E-state index contributed by atoms with van der Waals surface area (Å²) in [6.07, 6.45) is 3.24. The molecule has 2 atom stereocenters. The summed E-state index contributed by atoms with van der Waals surface area (Å²) in [6.45, 7) is 0.506. The Morgan fingerprint density at radius 1 is 1.15 bits per heavy atom. The zero-order valence-corrected chi connectivity index (χ0v) is 17.9. The number of carboxylic acid groups (broad SMARTS) is 2. The van der Waals surface area contributed by atoms with Crippen LogP contribution in [-0.2, 0) is 27.4 Å². The highest BCUT2D eigenvalue weighted by molar-refractivity contribution is 5.80. The van der Waals surface area contributed by atoms with Crippen LogP contribution in [0.2, 0.25) is 0 Å². The van der Waals surface area contributed by atoms with Crippen LogP contribution in [0.4, 0.5) is 4.79 Å². The molecule has 1 amide bonds. The number of guanidine groups is 1. The fraction of sp³-hybridized carbons (Fsp3) is 0.350. The molecule has 0 aliphatic carbocycles. The Bertz CT molecular complexity index is 886. The van der Waals surface area contributed by atoms with E-state index in [9.17, 15) is 14.4 Å². The summed E-state index contributed by atoms with van der Waals surface area (Å²) in [5.41, 5.74) is 16.8. The number of carboxylic acids is 2. The number of H-pyrrole nitrogens is 1. The first-order valence-corrected chi connectivity index (χ1v) is 9.90. The number of nitrogens with two attached hydrogens (primary N) is 3. The lowest BCUT2D eigenvalue weighted by atomic mass is 10.2. The van der Waals surface area contributed by atoms with Gasteiger partial charge in [-0.1, -0.05) is 30.3 Å². The van der Waals surface area contributed by atoms with Crippen LogP contribution >= 0.6 is 0 Å². The lowest BCUT2D eigenvalue weighted by molar-refractivity contribution is -0.140. The third-order valence-corrected chi connectivity index (χ3v) is 4.07. The SMILES string of the molecule is NC(N)=NCCCC(N)C(=O)O.O=C(NC(Cc1cnc[nH]1)C(=O)O)OCc1ccccc1. The molecule has 2 unspecified atom stereocenters. The number of imidazole rings is 1. The van der Waals surface area contributed by atoms with E-state index in [1.807, 2.05) is 30.3 Å². The highest BCUT2D eigenvalue weighted by Crippen LogP contribution is 2.03. The van der Waals surface area contributed by atoms with Crippen LogP contribution in [0.15, 0.2) is 47.8 Å². The molecular weight excluding hydrogens is 434 g/mol. The molecule has 0 aliphatic heterocycles. The van der Waals surface area contributed by atoms with E-state index in [0.29, 0.717) is 25.1 Å². The third kappa shape index (κ3) is 12.3. The normalized spacial score (nSPS) is 11.8. The van der Waals surface area contributed by atoms with Crippen LogP contribution < -0.4 is 22.5 Å². The van der Waals surface area contributed by atoms with Gasteiger partial charge in [-0.3, -0.25) is 9.79 Å². The molecule has 10 N–H and O–H groups in total. The summed E-state index contributed by atoms with van der Waals surface area (Å²) in [5, 5.41) is 19.8. The van der Waals surface area contributed by atoms with Gasteiger partial charge in [0.25, 0.3) is 0 Å². The second-order valence-corrected chi connectivity index (χ2v) is 6.77. The minimum Gasteiger partial charge on any atom is -0.480 e. The number of aromatic nitrogens is 2. The Kier molecular flexibility index (Phi) is 12.1. The molecule has 2 rings (SSSR count). The number of amides is 1. The average Bonchev–Trinajstić information content (AvgIpc) is 3.29. The number of hydrogen-bond donors (Lipinski definition) is 7. The van der Waals surface area contributed by atoms with E-state index in [1.165, 1.54) is 12.5 Å². The minimum absolute atomic E-state index is 0.0129. The first-order valence-electron chi connectivity index (χ1n) is 9.90. The molecule has 13 heteroatoms. The van der Waals surface area contributed by atoms with Crippen LogP contribution in [0, 0.1) is 0 Å². The predicted molar refractivity (Wildman–Crippen MR) is 119 cm³/mol. The van der Waals surface area contributed by atoms with Gasteiger partial charge in [0.1, 0.15) is 18.7 Å². The number of rotatable bonds is 11. The molecule has 1 heterocycles. The molecule has 0 spiro atoms. The summed E-state index contributed by atoms with van der Waals surface area (Å²) in [7, 11) is 0. The molecule has 33 heavy (non-hydrogen) atoms. The molecule has 0 bridgehead atoms. The highest BCUT2D eigenvalue weighted by Gasteiger charge is 2.21. The van der Waals surface area contributed by atoms with Crippen molar-refractivity contribution in [1.82, 2.24) is 15.3 Å². The molecule has 0 aliphatic rings. The number of nitrogens with zero attached hydrogens (tertiary/aromatic N) is 2. The topological polar surface area (TPSA) is 232 Å². The van der Waals surface area contributed by atoms with Crippen LogP contribution in [0.3, 0.4) is 0 Å².